The summed E-state index contributed by atoms with van der Waals surface area (Å²) in [6, 6.07) is 12.5. The quantitative estimate of drug-likeness (QED) is 0.364. The van der Waals surface area contributed by atoms with Gasteiger partial charge in [-0.3, -0.25) is 0 Å². The molecule has 0 saturated carbocycles. The standard InChI is InChI=1S/C18H10I2OS2/c19-22-7-5-12-1-3-14-16(9-12)17-10-13(6-8-23-20)2-4-15(17)18(14)11-21/h1-4,9-10,18,21H,11H2. The molecule has 0 amide bonds. The Morgan fingerprint density at radius 3 is 1.74 bits per heavy atom. The van der Waals surface area contributed by atoms with Crippen molar-refractivity contribution < 1.29 is 5.11 Å². The molecule has 2 aromatic carbocycles. The van der Waals surface area contributed by atoms with Gasteiger partial charge >= 0.3 is 0 Å². The Morgan fingerprint density at radius 2 is 1.35 bits per heavy atom. The summed E-state index contributed by atoms with van der Waals surface area (Å²) in [5, 5.41) is 15.9. The second-order valence-electron chi connectivity index (χ2n) is 4.95. The van der Waals surface area contributed by atoms with Crippen LogP contribution in [0.25, 0.3) is 11.1 Å². The van der Waals surface area contributed by atoms with Gasteiger partial charge in [-0.15, -0.1) is 0 Å². The Labute approximate surface area is 168 Å². The molecular weight excluding hydrogens is 550 g/mol. The zero-order valence-corrected chi connectivity index (χ0v) is 17.7. The predicted octanol–water partition coefficient (Wildman–Crippen LogP) is 5.58. The van der Waals surface area contributed by atoms with Crippen molar-refractivity contribution in [1.82, 2.24) is 0 Å². The second kappa shape index (κ2) is 8.17. The third-order valence-corrected chi connectivity index (χ3v) is 5.48. The fraction of sp³-hybridized carbons (Fsp3) is 0.111. The van der Waals surface area contributed by atoms with Gasteiger partial charge in [0.15, 0.2) is 0 Å². The maximum Gasteiger partial charge on any atom is 0.0540 e. The normalized spacial score (nSPS) is 11.8. The first-order chi connectivity index (χ1) is 11.3. The van der Waals surface area contributed by atoms with Crippen molar-refractivity contribution in [1.29, 1.82) is 0 Å². The average Bonchev–Trinajstić information content (AvgIpc) is 2.90. The zero-order chi connectivity index (χ0) is 16.2. The summed E-state index contributed by atoms with van der Waals surface area (Å²) >= 11 is 4.34. The fourth-order valence-corrected chi connectivity index (χ4v) is 3.84. The van der Waals surface area contributed by atoms with E-state index in [1.54, 1.807) is 0 Å². The second-order valence-corrected chi connectivity index (χ2v) is 8.31. The third-order valence-electron chi connectivity index (χ3n) is 3.80. The van der Waals surface area contributed by atoms with Crippen LogP contribution in [0.1, 0.15) is 28.2 Å². The molecule has 0 aliphatic heterocycles. The van der Waals surface area contributed by atoms with Crippen molar-refractivity contribution in [3.05, 3.63) is 58.7 Å². The first-order valence-electron chi connectivity index (χ1n) is 6.74. The van der Waals surface area contributed by atoms with Gasteiger partial charge in [-0.25, -0.2) is 0 Å². The minimum atomic E-state index is 0.0434. The maximum atomic E-state index is 9.82. The lowest BCUT2D eigenvalue weighted by atomic mass is 9.97. The van der Waals surface area contributed by atoms with Crippen LogP contribution in [0.15, 0.2) is 36.4 Å². The highest BCUT2D eigenvalue weighted by Crippen LogP contribution is 2.45. The van der Waals surface area contributed by atoms with Crippen molar-refractivity contribution in [2.45, 2.75) is 5.92 Å². The van der Waals surface area contributed by atoms with E-state index in [9.17, 15) is 5.11 Å². The van der Waals surface area contributed by atoms with Crippen LogP contribution in [0, 0.1) is 22.3 Å². The number of halogens is 2. The summed E-state index contributed by atoms with van der Waals surface area (Å²) in [4.78, 5) is 0. The van der Waals surface area contributed by atoms with E-state index in [4.69, 9.17) is 0 Å². The molecule has 1 aliphatic carbocycles. The van der Waals surface area contributed by atoms with E-state index in [0.29, 0.717) is 0 Å². The first kappa shape index (κ1) is 17.5. The van der Waals surface area contributed by atoms with Crippen LogP contribution < -0.4 is 0 Å². The number of aliphatic hydroxyl groups excluding tert-OH is 1. The van der Waals surface area contributed by atoms with E-state index in [-0.39, 0.29) is 12.5 Å². The lowest BCUT2D eigenvalue weighted by molar-refractivity contribution is 0.282. The summed E-state index contributed by atoms with van der Waals surface area (Å²) in [6.07, 6.45) is 0. The molecule has 5 heteroatoms. The molecule has 114 valence electrons. The largest absolute Gasteiger partial charge is 0.395 e. The number of hydrogen-bond donors (Lipinski definition) is 1. The van der Waals surface area contributed by atoms with Gasteiger partial charge in [-0.05, 0) is 74.9 Å². The molecule has 0 heterocycles. The molecule has 0 aromatic heterocycles. The topological polar surface area (TPSA) is 20.2 Å². The van der Waals surface area contributed by atoms with Gasteiger partial charge in [0.25, 0.3) is 0 Å². The fourth-order valence-electron chi connectivity index (χ4n) is 2.86. The summed E-state index contributed by atoms with van der Waals surface area (Å²) in [6.45, 7) is 0.114. The van der Waals surface area contributed by atoms with E-state index in [2.05, 4.69) is 89.0 Å². The van der Waals surface area contributed by atoms with Crippen molar-refractivity contribution in [3.8, 4) is 33.5 Å². The number of aliphatic hydroxyl groups is 1. The van der Waals surface area contributed by atoms with Crippen molar-refractivity contribution in [2.24, 2.45) is 0 Å². The van der Waals surface area contributed by atoms with Crippen molar-refractivity contribution >= 4 is 60.3 Å². The summed E-state index contributed by atoms with van der Waals surface area (Å²) in [5.41, 5.74) is 6.66. The summed E-state index contributed by atoms with van der Waals surface area (Å²) in [7, 11) is 2.96. The highest BCUT2D eigenvalue weighted by Gasteiger charge is 2.28. The smallest absolute Gasteiger partial charge is 0.0540 e. The Bertz CT molecular complexity index is 801. The van der Waals surface area contributed by atoms with E-state index >= 15 is 0 Å². The molecule has 0 radical (unpaired) electrons. The molecule has 0 spiro atoms. The van der Waals surface area contributed by atoms with Gasteiger partial charge in [0.05, 0.1) is 6.61 Å². The summed E-state index contributed by atoms with van der Waals surface area (Å²) < 4.78 is 0. The molecule has 0 unspecified atom stereocenters. The Morgan fingerprint density at radius 1 is 0.870 bits per heavy atom. The maximum absolute atomic E-state index is 9.82. The minimum absolute atomic E-state index is 0.0434. The van der Waals surface area contributed by atoms with Gasteiger partial charge in [0, 0.05) is 59.5 Å². The highest BCUT2D eigenvalue weighted by atomic mass is 127. The molecule has 2 aromatic rings. The van der Waals surface area contributed by atoms with Crippen LogP contribution in [0.5, 0.6) is 0 Å². The van der Waals surface area contributed by atoms with Crippen LogP contribution in [0.3, 0.4) is 0 Å². The molecule has 0 bridgehead atoms. The molecular formula is C18H10I2OS2. The molecule has 0 fully saturated rings. The molecule has 23 heavy (non-hydrogen) atoms. The van der Waals surface area contributed by atoms with E-state index in [0.717, 1.165) is 22.3 Å². The highest BCUT2D eigenvalue weighted by molar-refractivity contribution is 14.2. The zero-order valence-electron chi connectivity index (χ0n) is 11.8. The third kappa shape index (κ3) is 3.69. The van der Waals surface area contributed by atoms with Gasteiger partial charge in [-0.2, -0.15) is 0 Å². The molecule has 0 saturated heterocycles. The van der Waals surface area contributed by atoms with Gasteiger partial charge in [0.1, 0.15) is 0 Å². The lowest BCUT2D eigenvalue weighted by Crippen LogP contribution is -2.01. The van der Waals surface area contributed by atoms with Crippen LogP contribution >= 0.6 is 60.3 Å². The average molecular weight is 560 g/mol. The van der Waals surface area contributed by atoms with Gasteiger partial charge in [-0.1, -0.05) is 24.0 Å². The Kier molecular flexibility index (Phi) is 6.22. The first-order valence-corrected chi connectivity index (χ1v) is 13.5. The number of rotatable bonds is 1. The Balaban J connectivity index is 2.14. The van der Waals surface area contributed by atoms with Gasteiger partial charge in [0.2, 0.25) is 0 Å². The lowest BCUT2D eigenvalue weighted by Gasteiger charge is -2.09. The van der Waals surface area contributed by atoms with Crippen LogP contribution in [-0.2, 0) is 0 Å². The van der Waals surface area contributed by atoms with E-state index in [1.807, 2.05) is 12.1 Å². The van der Waals surface area contributed by atoms with Crippen LogP contribution in [0.2, 0.25) is 0 Å². The molecule has 0 atom stereocenters. The van der Waals surface area contributed by atoms with E-state index < -0.39 is 0 Å². The molecule has 3 rings (SSSR count). The molecule has 1 nitrogen and oxygen atoms in total. The number of fused-ring (bicyclic) bond motifs is 3. The predicted molar refractivity (Wildman–Crippen MR) is 118 cm³/mol. The monoisotopic (exact) mass is 560 g/mol. The SMILES string of the molecule is OCC1c2ccc(C#CSI)cc2-c2cc(C#CSI)ccc21. The minimum Gasteiger partial charge on any atom is -0.395 e. The van der Waals surface area contributed by atoms with E-state index in [1.165, 1.54) is 29.0 Å². The van der Waals surface area contributed by atoms with Crippen LogP contribution in [-0.4, -0.2) is 11.7 Å². The van der Waals surface area contributed by atoms with Gasteiger partial charge < -0.3 is 5.11 Å². The molecule has 1 aliphatic rings. The van der Waals surface area contributed by atoms with Crippen LogP contribution in [0.4, 0.5) is 0 Å². The van der Waals surface area contributed by atoms with Crippen molar-refractivity contribution in [3.63, 3.8) is 0 Å². The number of benzene rings is 2. The molecule has 1 N–H and O–H groups in total. The number of hydrogen-bond acceptors (Lipinski definition) is 3. The Hall–Kier alpha value is -0.320. The summed E-state index contributed by atoms with van der Waals surface area (Å²) in [5.74, 6) is 6.34. The van der Waals surface area contributed by atoms with Crippen molar-refractivity contribution in [2.75, 3.05) is 6.61 Å².